The molecule has 1 aliphatic heterocycles. The Bertz CT molecular complexity index is 879. The molecule has 0 amide bonds. The molecule has 5 N–H and O–H groups in total. The molecule has 0 aliphatic carbocycles. The lowest BCUT2D eigenvalue weighted by Crippen LogP contribution is -2.37. The molecule has 12 heteroatoms. The van der Waals surface area contributed by atoms with Crippen molar-refractivity contribution in [2.45, 2.75) is 12.8 Å². The van der Waals surface area contributed by atoms with Crippen LogP contribution in [0, 0.1) is 0 Å². The molecular weight excluding hydrogens is 509 g/mol. The third-order valence-corrected chi connectivity index (χ3v) is 5.01. The zero-order chi connectivity index (χ0) is 23.5. The van der Waals surface area contributed by atoms with Crippen LogP contribution in [-0.2, 0) is 28.5 Å². The predicted molar refractivity (Wildman–Crippen MR) is 134 cm³/mol. The van der Waals surface area contributed by atoms with Crippen LogP contribution in [0.5, 0.6) is 0 Å². The Morgan fingerprint density at radius 2 is 1.50 bits per heavy atom. The van der Waals surface area contributed by atoms with Crippen LogP contribution in [0.25, 0.3) is 0 Å². The first kappa shape index (κ1) is 32.1. The minimum Gasteiger partial charge on any atom is -0.466 e. The fraction of sp³-hybridized carbons (Fsp3) is 0.455. The number of carbonyl (C=O) groups excluding carboxylic acids is 2. The van der Waals surface area contributed by atoms with Crippen molar-refractivity contribution in [3.05, 3.63) is 57.4 Å². The molecule has 0 spiro atoms. The molecule has 0 radical (unpaired) electrons. The summed E-state index contributed by atoms with van der Waals surface area (Å²) in [6.07, 6.45) is 0. The van der Waals surface area contributed by atoms with E-state index in [1.54, 1.807) is 31.2 Å². The second kappa shape index (κ2) is 16.7. The Balaban J connectivity index is 0.00000544. The minimum atomic E-state index is -0.857. The third-order valence-electron chi connectivity index (χ3n) is 4.66. The molecule has 1 atom stereocenters. The Kier molecular flexibility index (Phi) is 15.8. The van der Waals surface area contributed by atoms with Gasteiger partial charge in [0.2, 0.25) is 0 Å². The van der Waals surface area contributed by atoms with Crippen LogP contribution in [0.2, 0.25) is 5.02 Å². The van der Waals surface area contributed by atoms with E-state index in [1.165, 1.54) is 7.11 Å². The van der Waals surface area contributed by atoms with Crippen molar-refractivity contribution in [1.29, 1.82) is 0 Å². The fourth-order valence-corrected chi connectivity index (χ4v) is 3.62. The number of halogens is 3. The van der Waals surface area contributed by atoms with Crippen LogP contribution in [0.4, 0.5) is 0 Å². The summed E-state index contributed by atoms with van der Waals surface area (Å²) in [6, 6.07) is 6.97. The molecule has 1 unspecified atom stereocenters. The number of nitrogens with one attached hydrogen (secondary N) is 1. The second-order valence-electron chi connectivity index (χ2n) is 6.76. The van der Waals surface area contributed by atoms with Gasteiger partial charge in [-0.2, -0.15) is 0 Å². The number of nitrogens with two attached hydrogens (primary N) is 2. The minimum absolute atomic E-state index is 0. The van der Waals surface area contributed by atoms with Gasteiger partial charge in [-0.05, 0) is 18.6 Å². The van der Waals surface area contributed by atoms with Crippen molar-refractivity contribution in [3.8, 4) is 0 Å². The number of carbonyl (C=O) groups is 2. The Morgan fingerprint density at radius 1 is 0.971 bits per heavy atom. The van der Waals surface area contributed by atoms with Gasteiger partial charge >= 0.3 is 11.9 Å². The monoisotopic (exact) mass is 539 g/mol. The standard InChI is InChI=1S/C22H30ClN3O6.2ClH/c1-3-32-22(28)20-17(13-31-11-9-25)26-16(12-30-10-8-24)19(21(27)29-2)18(20)14-6-4-5-7-15(14)23;;/h4-7,18,26H,3,8-13,24-25H2,1-2H3;2*1H. The molecule has 0 fully saturated rings. The summed E-state index contributed by atoms with van der Waals surface area (Å²) in [5.74, 6) is -2.08. The number of methoxy groups -OCH3 is 1. The van der Waals surface area contributed by atoms with Crippen molar-refractivity contribution in [3.63, 3.8) is 0 Å². The van der Waals surface area contributed by atoms with Gasteiger partial charge in [0.1, 0.15) is 0 Å². The van der Waals surface area contributed by atoms with Crippen LogP contribution in [0.1, 0.15) is 18.4 Å². The SMILES string of the molecule is CCOC(=O)C1=C(COCCN)NC(COCCN)=C(C(=O)OC)C1c1ccccc1Cl.Cl.Cl. The van der Waals surface area contributed by atoms with Crippen molar-refractivity contribution >= 4 is 48.4 Å². The molecule has 0 aromatic heterocycles. The number of hydrogen-bond acceptors (Lipinski definition) is 9. The zero-order valence-corrected chi connectivity index (χ0v) is 21.5. The number of esters is 2. The Morgan fingerprint density at radius 3 is 1.97 bits per heavy atom. The van der Waals surface area contributed by atoms with Gasteiger partial charge in [0.15, 0.2) is 0 Å². The van der Waals surface area contributed by atoms with E-state index in [9.17, 15) is 9.59 Å². The largest absolute Gasteiger partial charge is 0.466 e. The lowest BCUT2D eigenvalue weighted by molar-refractivity contribution is -0.139. The molecule has 1 aliphatic rings. The highest BCUT2D eigenvalue weighted by atomic mass is 35.5. The molecule has 1 heterocycles. The van der Waals surface area contributed by atoms with Gasteiger partial charge in [0.05, 0.1) is 68.6 Å². The van der Waals surface area contributed by atoms with Gasteiger partial charge in [-0.1, -0.05) is 29.8 Å². The summed E-state index contributed by atoms with van der Waals surface area (Å²) in [5, 5.41) is 3.51. The highest BCUT2D eigenvalue weighted by molar-refractivity contribution is 6.31. The van der Waals surface area contributed by atoms with E-state index in [1.807, 2.05) is 0 Å². The zero-order valence-electron chi connectivity index (χ0n) is 19.1. The number of hydrogen-bond donors (Lipinski definition) is 3. The van der Waals surface area contributed by atoms with E-state index in [0.29, 0.717) is 35.1 Å². The van der Waals surface area contributed by atoms with E-state index >= 15 is 0 Å². The molecule has 1 aromatic carbocycles. The Hall–Kier alpha value is -1.85. The van der Waals surface area contributed by atoms with E-state index in [2.05, 4.69) is 5.32 Å². The molecule has 2 rings (SSSR count). The summed E-state index contributed by atoms with van der Waals surface area (Å²) < 4.78 is 21.6. The van der Waals surface area contributed by atoms with Crippen LogP contribution in [0.15, 0.2) is 46.8 Å². The molecule has 192 valence electrons. The lowest BCUT2D eigenvalue weighted by atomic mass is 9.80. The summed E-state index contributed by atoms with van der Waals surface area (Å²) >= 11 is 6.50. The van der Waals surface area contributed by atoms with Crippen molar-refractivity contribution < 1.29 is 28.5 Å². The van der Waals surface area contributed by atoms with E-state index in [0.717, 1.165) is 0 Å². The van der Waals surface area contributed by atoms with Gasteiger partial charge in [-0.3, -0.25) is 0 Å². The summed E-state index contributed by atoms with van der Waals surface area (Å²) in [5.41, 5.74) is 12.9. The van der Waals surface area contributed by atoms with E-state index in [-0.39, 0.29) is 69.0 Å². The van der Waals surface area contributed by atoms with Crippen molar-refractivity contribution in [1.82, 2.24) is 5.32 Å². The van der Waals surface area contributed by atoms with Crippen molar-refractivity contribution in [2.75, 3.05) is 53.2 Å². The first-order valence-corrected chi connectivity index (χ1v) is 10.7. The van der Waals surface area contributed by atoms with Gasteiger partial charge in [-0.15, -0.1) is 24.8 Å². The highest BCUT2D eigenvalue weighted by Gasteiger charge is 2.40. The quantitative estimate of drug-likeness (QED) is 0.269. The number of benzene rings is 1. The lowest BCUT2D eigenvalue weighted by Gasteiger charge is -2.32. The number of rotatable bonds is 12. The maximum atomic E-state index is 13.1. The van der Waals surface area contributed by atoms with Crippen molar-refractivity contribution in [2.24, 2.45) is 11.5 Å². The molecule has 0 saturated carbocycles. The maximum absolute atomic E-state index is 13.1. The summed E-state index contributed by atoms with van der Waals surface area (Å²) in [7, 11) is 1.27. The first-order chi connectivity index (χ1) is 15.5. The van der Waals surface area contributed by atoms with Gasteiger partial charge < -0.3 is 35.7 Å². The topological polar surface area (TPSA) is 135 Å². The number of ether oxygens (including phenoxy) is 4. The van der Waals surface area contributed by atoms with Gasteiger partial charge in [0.25, 0.3) is 0 Å². The first-order valence-electron chi connectivity index (χ1n) is 10.3. The average Bonchev–Trinajstić information content (AvgIpc) is 2.79. The Labute approximate surface area is 217 Å². The third kappa shape index (κ3) is 8.13. The van der Waals surface area contributed by atoms with Gasteiger partial charge in [-0.25, -0.2) is 9.59 Å². The second-order valence-corrected chi connectivity index (χ2v) is 7.17. The molecular formula is C22H32Cl3N3O6. The van der Waals surface area contributed by atoms with E-state index in [4.69, 9.17) is 42.0 Å². The normalized spacial score (nSPS) is 15.1. The molecule has 0 saturated heterocycles. The van der Waals surface area contributed by atoms with Crippen LogP contribution < -0.4 is 16.8 Å². The number of dihydropyridines is 1. The highest BCUT2D eigenvalue weighted by Crippen LogP contribution is 2.42. The molecule has 9 nitrogen and oxygen atoms in total. The van der Waals surface area contributed by atoms with Crippen LogP contribution >= 0.6 is 36.4 Å². The predicted octanol–water partition coefficient (Wildman–Crippen LogP) is 2.07. The van der Waals surface area contributed by atoms with Gasteiger partial charge in [0, 0.05) is 18.1 Å². The fourth-order valence-electron chi connectivity index (χ4n) is 3.37. The van der Waals surface area contributed by atoms with Crippen LogP contribution in [0.3, 0.4) is 0 Å². The average molecular weight is 541 g/mol. The summed E-state index contributed by atoms with van der Waals surface area (Å²) in [4.78, 5) is 26.0. The summed E-state index contributed by atoms with van der Waals surface area (Å²) in [6.45, 7) is 3.12. The van der Waals surface area contributed by atoms with E-state index < -0.39 is 17.9 Å². The molecule has 1 aromatic rings. The molecule has 34 heavy (non-hydrogen) atoms. The van der Waals surface area contributed by atoms with Crippen LogP contribution in [-0.4, -0.2) is 65.2 Å². The molecule has 0 bridgehead atoms. The smallest absolute Gasteiger partial charge is 0.336 e. The maximum Gasteiger partial charge on any atom is 0.336 e.